The summed E-state index contributed by atoms with van der Waals surface area (Å²) in [6.07, 6.45) is 0. The Morgan fingerprint density at radius 1 is 1.22 bits per heavy atom. The molecule has 0 bridgehead atoms. The smallest absolute Gasteiger partial charge is 0.155 e. The van der Waals surface area contributed by atoms with Crippen LogP contribution < -0.4 is 0 Å². The molecule has 1 aromatic heterocycles. The molecule has 23 heavy (non-hydrogen) atoms. The summed E-state index contributed by atoms with van der Waals surface area (Å²) in [7, 11) is 1.79. The summed E-state index contributed by atoms with van der Waals surface area (Å²) in [5.41, 5.74) is 1.99. The molecule has 0 aliphatic carbocycles. The van der Waals surface area contributed by atoms with Crippen molar-refractivity contribution in [1.82, 2.24) is 9.55 Å². The van der Waals surface area contributed by atoms with Crippen LogP contribution in [0.2, 0.25) is 10.0 Å². The van der Waals surface area contributed by atoms with E-state index in [0.717, 1.165) is 11.0 Å². The van der Waals surface area contributed by atoms with E-state index in [2.05, 4.69) is 4.98 Å². The van der Waals surface area contributed by atoms with E-state index < -0.39 is 0 Å². The molecule has 0 fully saturated rings. The number of rotatable bonds is 2. The summed E-state index contributed by atoms with van der Waals surface area (Å²) in [5.74, 6) is 0.143. The first-order valence-corrected chi connectivity index (χ1v) is 7.49. The summed E-state index contributed by atoms with van der Waals surface area (Å²) in [6, 6.07) is 14.2. The SMILES string of the molecule is Cn1c(/C(C#N)=C(\O)c2ccc(Cl)cc2Cl)nc2ccccc21. The number of hydrogen-bond donors (Lipinski definition) is 1. The quantitative estimate of drug-likeness (QED) is 0.535. The number of allylic oxidation sites excluding steroid dienone is 1. The first-order valence-electron chi connectivity index (χ1n) is 6.73. The third-order valence-electron chi connectivity index (χ3n) is 3.55. The summed E-state index contributed by atoms with van der Waals surface area (Å²) in [5, 5.41) is 20.8. The molecule has 1 heterocycles. The minimum atomic E-state index is -0.229. The summed E-state index contributed by atoms with van der Waals surface area (Å²) >= 11 is 12.0. The van der Waals surface area contributed by atoms with Gasteiger partial charge in [-0.1, -0.05) is 35.3 Å². The van der Waals surface area contributed by atoms with E-state index in [9.17, 15) is 10.4 Å². The number of halogens is 2. The molecule has 0 unspecified atom stereocenters. The Balaban J connectivity index is 2.25. The maximum absolute atomic E-state index is 10.5. The maximum atomic E-state index is 10.5. The van der Waals surface area contributed by atoms with Gasteiger partial charge in [-0.15, -0.1) is 0 Å². The Kier molecular flexibility index (Phi) is 3.99. The molecule has 0 spiro atoms. The molecule has 2 aromatic carbocycles. The lowest BCUT2D eigenvalue weighted by atomic mass is 10.1. The number of aryl methyl sites for hydroxylation is 1. The molecular weight excluding hydrogens is 333 g/mol. The average Bonchev–Trinajstić information content (AvgIpc) is 2.85. The summed E-state index contributed by atoms with van der Waals surface area (Å²) in [4.78, 5) is 4.43. The van der Waals surface area contributed by atoms with Crippen molar-refractivity contribution in [2.45, 2.75) is 0 Å². The molecular formula is C17H11Cl2N3O. The molecule has 0 saturated carbocycles. The molecule has 0 aliphatic heterocycles. The third kappa shape index (κ3) is 2.65. The normalized spacial score (nSPS) is 12.1. The van der Waals surface area contributed by atoms with Crippen LogP contribution in [0.25, 0.3) is 22.4 Å². The van der Waals surface area contributed by atoms with E-state index >= 15 is 0 Å². The molecule has 1 N–H and O–H groups in total. The van der Waals surface area contributed by atoms with Gasteiger partial charge in [-0.25, -0.2) is 4.98 Å². The number of nitrogens with zero attached hydrogens (tertiary/aromatic N) is 3. The van der Waals surface area contributed by atoms with E-state index in [1.807, 2.05) is 30.3 Å². The number of aliphatic hydroxyl groups is 1. The Morgan fingerprint density at radius 2 is 1.96 bits per heavy atom. The zero-order valence-electron chi connectivity index (χ0n) is 12.1. The van der Waals surface area contributed by atoms with Crippen LogP contribution in [-0.2, 0) is 7.05 Å². The van der Waals surface area contributed by atoms with Crippen molar-refractivity contribution in [2.75, 3.05) is 0 Å². The van der Waals surface area contributed by atoms with Gasteiger partial charge in [0.2, 0.25) is 0 Å². The van der Waals surface area contributed by atoms with Crippen LogP contribution in [0, 0.1) is 11.3 Å². The van der Waals surface area contributed by atoms with Crippen molar-refractivity contribution in [3.63, 3.8) is 0 Å². The topological polar surface area (TPSA) is 61.8 Å². The minimum Gasteiger partial charge on any atom is -0.506 e. The van der Waals surface area contributed by atoms with Gasteiger partial charge in [-0.2, -0.15) is 5.26 Å². The van der Waals surface area contributed by atoms with E-state index in [-0.39, 0.29) is 16.4 Å². The number of benzene rings is 2. The first kappa shape index (κ1) is 15.4. The van der Waals surface area contributed by atoms with E-state index in [1.54, 1.807) is 23.7 Å². The molecule has 3 aromatic rings. The Hall–Kier alpha value is -2.48. The van der Waals surface area contributed by atoms with Crippen LogP contribution in [0.15, 0.2) is 42.5 Å². The van der Waals surface area contributed by atoms with Gasteiger partial charge in [0.25, 0.3) is 0 Å². The maximum Gasteiger partial charge on any atom is 0.155 e. The Morgan fingerprint density at radius 3 is 2.61 bits per heavy atom. The van der Waals surface area contributed by atoms with Crippen LogP contribution in [0.3, 0.4) is 0 Å². The van der Waals surface area contributed by atoms with Crippen molar-refractivity contribution < 1.29 is 5.11 Å². The second kappa shape index (κ2) is 5.96. The molecule has 0 radical (unpaired) electrons. The van der Waals surface area contributed by atoms with E-state index in [4.69, 9.17) is 23.2 Å². The Labute approximate surface area is 142 Å². The highest BCUT2D eigenvalue weighted by Crippen LogP contribution is 2.31. The summed E-state index contributed by atoms with van der Waals surface area (Å²) in [6.45, 7) is 0. The van der Waals surface area contributed by atoms with Crippen LogP contribution in [0.1, 0.15) is 11.4 Å². The number of aromatic nitrogens is 2. The molecule has 0 amide bonds. The van der Waals surface area contributed by atoms with Crippen LogP contribution in [0.4, 0.5) is 0 Å². The fraction of sp³-hybridized carbons (Fsp3) is 0.0588. The zero-order valence-corrected chi connectivity index (χ0v) is 13.6. The van der Waals surface area contributed by atoms with Crippen molar-refractivity contribution in [3.8, 4) is 6.07 Å². The fourth-order valence-electron chi connectivity index (χ4n) is 2.39. The van der Waals surface area contributed by atoms with Gasteiger partial charge in [0.05, 0.1) is 16.1 Å². The van der Waals surface area contributed by atoms with Crippen molar-refractivity contribution >= 4 is 45.6 Å². The second-order valence-electron chi connectivity index (χ2n) is 4.94. The second-order valence-corrected chi connectivity index (χ2v) is 5.79. The largest absolute Gasteiger partial charge is 0.506 e. The minimum absolute atomic E-state index is 0.0490. The van der Waals surface area contributed by atoms with Crippen LogP contribution in [0.5, 0.6) is 0 Å². The predicted octanol–water partition coefficient (Wildman–Crippen LogP) is 4.83. The van der Waals surface area contributed by atoms with Crippen LogP contribution >= 0.6 is 23.2 Å². The molecule has 0 saturated heterocycles. The van der Waals surface area contributed by atoms with Gasteiger partial charge in [-0.3, -0.25) is 0 Å². The summed E-state index contributed by atoms with van der Waals surface area (Å²) < 4.78 is 1.76. The predicted molar refractivity (Wildman–Crippen MR) is 92.2 cm³/mol. The van der Waals surface area contributed by atoms with Crippen molar-refractivity contribution in [3.05, 3.63) is 63.9 Å². The lowest BCUT2D eigenvalue weighted by molar-refractivity contribution is 0.513. The molecule has 3 rings (SSSR count). The number of nitriles is 1. The number of fused-ring (bicyclic) bond motifs is 1. The lowest BCUT2D eigenvalue weighted by Crippen LogP contribution is -1.99. The first-order chi connectivity index (χ1) is 11.0. The zero-order chi connectivity index (χ0) is 16.6. The van der Waals surface area contributed by atoms with Gasteiger partial charge in [0.1, 0.15) is 17.4 Å². The van der Waals surface area contributed by atoms with Crippen LogP contribution in [-0.4, -0.2) is 14.7 Å². The molecule has 114 valence electrons. The average molecular weight is 344 g/mol. The highest BCUT2D eigenvalue weighted by Gasteiger charge is 2.19. The van der Waals surface area contributed by atoms with Gasteiger partial charge in [0, 0.05) is 17.6 Å². The highest BCUT2D eigenvalue weighted by molar-refractivity contribution is 6.35. The van der Waals surface area contributed by atoms with Gasteiger partial charge in [-0.05, 0) is 30.3 Å². The monoisotopic (exact) mass is 343 g/mol. The third-order valence-corrected chi connectivity index (χ3v) is 4.09. The van der Waals surface area contributed by atoms with Crippen molar-refractivity contribution in [1.29, 1.82) is 5.26 Å². The number of para-hydroxylation sites is 2. The van der Waals surface area contributed by atoms with E-state index in [1.165, 1.54) is 6.07 Å². The lowest BCUT2D eigenvalue weighted by Gasteiger charge is -2.07. The van der Waals surface area contributed by atoms with Gasteiger partial charge in [0.15, 0.2) is 5.82 Å². The van der Waals surface area contributed by atoms with Gasteiger partial charge >= 0.3 is 0 Å². The number of imidazole rings is 1. The number of aliphatic hydroxyl groups excluding tert-OH is 1. The van der Waals surface area contributed by atoms with E-state index in [0.29, 0.717) is 16.4 Å². The fourth-order valence-corrected chi connectivity index (χ4v) is 2.89. The van der Waals surface area contributed by atoms with Crippen molar-refractivity contribution in [2.24, 2.45) is 7.05 Å². The number of hydrogen-bond acceptors (Lipinski definition) is 3. The Bertz CT molecular complexity index is 983. The molecule has 0 atom stereocenters. The molecule has 4 nitrogen and oxygen atoms in total. The van der Waals surface area contributed by atoms with Gasteiger partial charge < -0.3 is 9.67 Å². The highest BCUT2D eigenvalue weighted by atomic mass is 35.5. The molecule has 6 heteroatoms. The standard InChI is InChI=1S/C17H11Cl2N3O/c1-22-15-5-3-2-4-14(15)21-17(22)12(9-20)16(23)11-7-6-10(18)8-13(11)19/h2-8,23H,1H3/b16-12-. The molecule has 0 aliphatic rings.